The van der Waals surface area contributed by atoms with Gasteiger partial charge in [0.2, 0.25) is 5.91 Å². The summed E-state index contributed by atoms with van der Waals surface area (Å²) in [5.41, 5.74) is 3.71. The summed E-state index contributed by atoms with van der Waals surface area (Å²) in [7, 11) is 0. The molecule has 0 saturated heterocycles. The molecule has 190 valence electrons. The highest BCUT2D eigenvalue weighted by atomic mass is 35.5. The SMILES string of the molecule is CC(=O)NCCNCc1cc(C(=O)Nc2cccc(-c3ccc4c(c3)OCCO4)c2Cl)c2nncn2c1. The Balaban J connectivity index is 1.36. The van der Waals surface area contributed by atoms with Gasteiger partial charge in [0, 0.05) is 38.3 Å². The molecular formula is C26H25ClN6O4. The molecule has 37 heavy (non-hydrogen) atoms. The molecule has 2 amide bonds. The summed E-state index contributed by atoms with van der Waals surface area (Å²) in [5, 5.41) is 17.4. The van der Waals surface area contributed by atoms with Crippen LogP contribution in [0.25, 0.3) is 16.8 Å². The van der Waals surface area contributed by atoms with Crippen molar-refractivity contribution in [2.45, 2.75) is 13.5 Å². The highest BCUT2D eigenvalue weighted by Crippen LogP contribution is 2.39. The molecule has 5 rings (SSSR count). The van der Waals surface area contributed by atoms with Gasteiger partial charge in [-0.1, -0.05) is 29.8 Å². The van der Waals surface area contributed by atoms with E-state index in [1.54, 1.807) is 22.9 Å². The number of fused-ring (bicyclic) bond motifs is 2. The smallest absolute Gasteiger partial charge is 0.259 e. The summed E-state index contributed by atoms with van der Waals surface area (Å²) in [5.74, 6) is 0.908. The van der Waals surface area contributed by atoms with Gasteiger partial charge in [-0.05, 0) is 35.4 Å². The second kappa shape index (κ2) is 10.9. The van der Waals surface area contributed by atoms with Gasteiger partial charge in [0.1, 0.15) is 19.5 Å². The maximum Gasteiger partial charge on any atom is 0.259 e. The first kappa shape index (κ1) is 24.5. The highest BCUT2D eigenvalue weighted by molar-refractivity contribution is 6.36. The molecule has 0 aliphatic carbocycles. The first-order chi connectivity index (χ1) is 18.0. The van der Waals surface area contributed by atoms with Gasteiger partial charge in [-0.2, -0.15) is 0 Å². The highest BCUT2D eigenvalue weighted by Gasteiger charge is 2.18. The Kier molecular flexibility index (Phi) is 7.20. The van der Waals surface area contributed by atoms with Gasteiger partial charge in [0.15, 0.2) is 17.1 Å². The van der Waals surface area contributed by atoms with Crippen molar-refractivity contribution >= 4 is 34.7 Å². The molecule has 0 unspecified atom stereocenters. The van der Waals surface area contributed by atoms with E-state index in [0.29, 0.717) is 66.3 Å². The first-order valence-corrected chi connectivity index (χ1v) is 12.1. The number of aromatic nitrogens is 3. The first-order valence-electron chi connectivity index (χ1n) is 11.8. The number of carbonyl (C=O) groups excluding carboxylic acids is 2. The predicted molar refractivity (Wildman–Crippen MR) is 139 cm³/mol. The third-order valence-corrected chi connectivity index (χ3v) is 6.21. The van der Waals surface area contributed by atoms with Gasteiger partial charge in [-0.15, -0.1) is 10.2 Å². The molecule has 1 aliphatic heterocycles. The Labute approximate surface area is 217 Å². The molecule has 10 nitrogen and oxygen atoms in total. The fraction of sp³-hybridized carbons (Fsp3) is 0.231. The Morgan fingerprint density at radius 3 is 2.76 bits per heavy atom. The average Bonchev–Trinajstić information content (AvgIpc) is 3.37. The Morgan fingerprint density at radius 1 is 1.08 bits per heavy atom. The van der Waals surface area contributed by atoms with Gasteiger partial charge in [0.05, 0.1) is 16.3 Å². The molecule has 0 atom stereocenters. The van der Waals surface area contributed by atoms with Crippen LogP contribution in [0.2, 0.25) is 5.02 Å². The summed E-state index contributed by atoms with van der Waals surface area (Å²) in [4.78, 5) is 24.4. The van der Waals surface area contributed by atoms with Crippen molar-refractivity contribution in [3.63, 3.8) is 0 Å². The van der Waals surface area contributed by atoms with Crippen LogP contribution in [-0.2, 0) is 11.3 Å². The number of pyridine rings is 1. The van der Waals surface area contributed by atoms with Crippen LogP contribution in [0.4, 0.5) is 5.69 Å². The van der Waals surface area contributed by atoms with E-state index >= 15 is 0 Å². The molecular weight excluding hydrogens is 496 g/mol. The number of ether oxygens (including phenoxy) is 2. The summed E-state index contributed by atoms with van der Waals surface area (Å²) in [6.07, 6.45) is 3.40. The maximum absolute atomic E-state index is 13.4. The third-order valence-electron chi connectivity index (χ3n) is 5.80. The van der Waals surface area contributed by atoms with E-state index in [2.05, 4.69) is 26.1 Å². The lowest BCUT2D eigenvalue weighted by Gasteiger charge is -2.19. The van der Waals surface area contributed by atoms with Crippen molar-refractivity contribution in [2.24, 2.45) is 0 Å². The number of nitrogens with one attached hydrogen (secondary N) is 3. The number of nitrogens with zero attached hydrogens (tertiary/aromatic N) is 3. The summed E-state index contributed by atoms with van der Waals surface area (Å²) < 4.78 is 13.0. The van der Waals surface area contributed by atoms with E-state index in [4.69, 9.17) is 21.1 Å². The van der Waals surface area contributed by atoms with Crippen LogP contribution in [0.5, 0.6) is 11.5 Å². The van der Waals surface area contributed by atoms with E-state index in [1.165, 1.54) is 6.92 Å². The second-order valence-electron chi connectivity index (χ2n) is 8.46. The van der Waals surface area contributed by atoms with Gasteiger partial charge in [0.25, 0.3) is 5.91 Å². The Hall–Kier alpha value is -4.15. The van der Waals surface area contributed by atoms with E-state index < -0.39 is 0 Å². The molecule has 2 aromatic heterocycles. The monoisotopic (exact) mass is 520 g/mol. The summed E-state index contributed by atoms with van der Waals surface area (Å²) in [6, 6.07) is 12.9. The quantitative estimate of drug-likeness (QED) is 0.305. The normalized spacial score (nSPS) is 12.4. The van der Waals surface area contributed by atoms with Gasteiger partial charge < -0.3 is 25.4 Å². The number of halogens is 1. The Bertz CT molecular complexity index is 1470. The van der Waals surface area contributed by atoms with Crippen LogP contribution in [0.3, 0.4) is 0 Å². The molecule has 0 saturated carbocycles. The molecule has 0 radical (unpaired) electrons. The zero-order chi connectivity index (χ0) is 25.8. The number of anilines is 1. The molecule has 4 aromatic rings. The number of carbonyl (C=O) groups is 2. The fourth-order valence-corrected chi connectivity index (χ4v) is 4.35. The van der Waals surface area contributed by atoms with Crippen molar-refractivity contribution in [1.29, 1.82) is 0 Å². The minimum atomic E-state index is -0.362. The maximum atomic E-state index is 13.4. The van der Waals surface area contributed by atoms with Crippen LogP contribution in [-0.4, -0.2) is 52.7 Å². The van der Waals surface area contributed by atoms with Crippen LogP contribution in [0, 0.1) is 0 Å². The van der Waals surface area contributed by atoms with Crippen molar-refractivity contribution < 1.29 is 19.1 Å². The lowest BCUT2D eigenvalue weighted by Crippen LogP contribution is -2.30. The lowest BCUT2D eigenvalue weighted by molar-refractivity contribution is -0.118. The number of rotatable bonds is 8. The van der Waals surface area contributed by atoms with Crippen LogP contribution in [0.15, 0.2) is 55.0 Å². The van der Waals surface area contributed by atoms with E-state index in [-0.39, 0.29) is 11.8 Å². The fourth-order valence-electron chi connectivity index (χ4n) is 4.07. The Morgan fingerprint density at radius 2 is 1.92 bits per heavy atom. The minimum Gasteiger partial charge on any atom is -0.486 e. The standard InChI is InChI=1S/C26H25ClN6O4/c1-16(34)29-8-7-28-13-17-11-20(25-32-30-15-33(25)14-17)26(35)31-21-4-2-3-19(24(21)27)18-5-6-22-23(12-18)37-10-9-36-22/h2-6,11-12,14-15,28H,7-10,13H2,1H3,(H,29,34)(H,31,35). The number of benzene rings is 2. The molecule has 2 aromatic carbocycles. The van der Waals surface area contributed by atoms with Crippen LogP contribution < -0.4 is 25.4 Å². The van der Waals surface area contributed by atoms with Crippen LogP contribution >= 0.6 is 11.6 Å². The molecule has 11 heteroatoms. The molecule has 1 aliphatic rings. The van der Waals surface area contributed by atoms with Crippen molar-refractivity contribution in [3.05, 3.63) is 71.1 Å². The van der Waals surface area contributed by atoms with E-state index in [1.807, 2.05) is 36.5 Å². The van der Waals surface area contributed by atoms with E-state index in [0.717, 1.165) is 16.7 Å². The topological polar surface area (TPSA) is 119 Å². The number of hydrogen-bond acceptors (Lipinski definition) is 7. The lowest BCUT2D eigenvalue weighted by atomic mass is 10.0. The zero-order valence-corrected chi connectivity index (χ0v) is 20.8. The van der Waals surface area contributed by atoms with Crippen LogP contribution in [0.1, 0.15) is 22.8 Å². The van der Waals surface area contributed by atoms with E-state index in [9.17, 15) is 9.59 Å². The summed E-state index contributed by atoms with van der Waals surface area (Å²) in [6.45, 7) is 4.07. The van der Waals surface area contributed by atoms with Crippen molar-refractivity contribution in [1.82, 2.24) is 25.2 Å². The predicted octanol–water partition coefficient (Wildman–Crippen LogP) is 3.30. The molecule has 0 bridgehead atoms. The second-order valence-corrected chi connectivity index (χ2v) is 8.84. The molecule has 3 heterocycles. The summed E-state index contributed by atoms with van der Waals surface area (Å²) >= 11 is 6.75. The molecule has 0 spiro atoms. The average molecular weight is 521 g/mol. The van der Waals surface area contributed by atoms with Gasteiger partial charge in [-0.25, -0.2) is 0 Å². The number of amides is 2. The van der Waals surface area contributed by atoms with Crippen molar-refractivity contribution in [2.75, 3.05) is 31.6 Å². The molecule has 0 fully saturated rings. The minimum absolute atomic E-state index is 0.0802. The molecule has 3 N–H and O–H groups in total. The largest absolute Gasteiger partial charge is 0.486 e. The van der Waals surface area contributed by atoms with Gasteiger partial charge >= 0.3 is 0 Å². The number of hydrogen-bond donors (Lipinski definition) is 3. The van der Waals surface area contributed by atoms with Gasteiger partial charge in [-0.3, -0.25) is 14.0 Å². The van der Waals surface area contributed by atoms with Crippen molar-refractivity contribution in [3.8, 4) is 22.6 Å². The third kappa shape index (κ3) is 5.50. The zero-order valence-electron chi connectivity index (χ0n) is 20.1.